The third-order valence-electron chi connectivity index (χ3n) is 5.60. The van der Waals surface area contributed by atoms with Crippen molar-refractivity contribution in [1.29, 1.82) is 0 Å². The summed E-state index contributed by atoms with van der Waals surface area (Å²) in [5, 5.41) is 6.07. The monoisotopic (exact) mass is 448 g/mol. The van der Waals surface area contributed by atoms with Crippen molar-refractivity contribution in [3.63, 3.8) is 0 Å². The van der Waals surface area contributed by atoms with Crippen molar-refractivity contribution >= 4 is 28.9 Å². The largest absolute Gasteiger partial charge is 0.351 e. The number of amides is 1. The van der Waals surface area contributed by atoms with E-state index in [0.717, 1.165) is 29.8 Å². The molecular weight excluding hydrogens is 428 g/mol. The van der Waals surface area contributed by atoms with E-state index in [1.807, 2.05) is 59.3 Å². The molecule has 0 atom stereocenters. The van der Waals surface area contributed by atoms with Crippen molar-refractivity contribution in [1.82, 2.24) is 29.3 Å². The molecule has 1 aliphatic rings. The molecule has 2 N–H and O–H groups in total. The maximum Gasteiger partial charge on any atom is 0.277 e. The van der Waals surface area contributed by atoms with E-state index in [1.54, 1.807) is 18.5 Å². The number of pyridine rings is 1. The predicted octanol–water partition coefficient (Wildman–Crippen LogP) is 4.45. The second kappa shape index (κ2) is 8.36. The van der Waals surface area contributed by atoms with Crippen molar-refractivity contribution < 1.29 is 4.79 Å². The second-order valence-electron chi connectivity index (χ2n) is 8.13. The van der Waals surface area contributed by atoms with Gasteiger partial charge in [0.2, 0.25) is 5.78 Å². The molecule has 4 aromatic heterocycles. The van der Waals surface area contributed by atoms with Crippen LogP contribution in [-0.4, -0.2) is 35.2 Å². The number of imidazole rings is 1. The number of nitrogens with zero attached hydrogens (tertiary/aromatic N) is 6. The first kappa shape index (κ1) is 20.0. The van der Waals surface area contributed by atoms with Crippen LogP contribution in [0.1, 0.15) is 34.9 Å². The average Bonchev–Trinajstić information content (AvgIpc) is 3.64. The third-order valence-corrected chi connectivity index (χ3v) is 5.60. The highest BCUT2D eigenvalue weighted by Crippen LogP contribution is 2.39. The number of benzene rings is 1. The summed E-state index contributed by atoms with van der Waals surface area (Å²) in [7, 11) is 0. The first-order valence-electron chi connectivity index (χ1n) is 11.0. The minimum absolute atomic E-state index is 0.295. The highest BCUT2D eigenvalue weighted by Gasteiger charge is 2.27. The fourth-order valence-electron chi connectivity index (χ4n) is 3.74. The summed E-state index contributed by atoms with van der Waals surface area (Å²) in [6, 6.07) is 15.5. The smallest absolute Gasteiger partial charge is 0.277 e. The van der Waals surface area contributed by atoms with Crippen molar-refractivity contribution in [3.8, 4) is 11.3 Å². The van der Waals surface area contributed by atoms with Crippen LogP contribution in [0.25, 0.3) is 17.0 Å². The van der Waals surface area contributed by atoms with E-state index in [4.69, 9.17) is 0 Å². The van der Waals surface area contributed by atoms with Crippen LogP contribution in [0.4, 0.5) is 17.2 Å². The van der Waals surface area contributed by atoms with Crippen molar-refractivity contribution in [3.05, 3.63) is 91.0 Å². The number of fused-ring (bicyclic) bond motifs is 1. The highest BCUT2D eigenvalue weighted by atomic mass is 16.2. The molecule has 9 nitrogen and oxygen atoms in total. The lowest BCUT2D eigenvalue weighted by atomic mass is 10.2. The number of anilines is 3. The Morgan fingerprint density at radius 2 is 1.76 bits per heavy atom. The normalized spacial score (nSPS) is 13.1. The van der Waals surface area contributed by atoms with Gasteiger partial charge in [-0.1, -0.05) is 30.3 Å². The molecule has 5 aromatic rings. The highest BCUT2D eigenvalue weighted by molar-refractivity contribution is 6.06. The SMILES string of the molecule is O=C(Nc1ccn2cc(-c3ccccc3)nc2n1)c1nc(C2CC2)ccc1Nc1cncnc1. The molecule has 0 radical (unpaired) electrons. The third kappa shape index (κ3) is 4.06. The van der Waals surface area contributed by atoms with Gasteiger partial charge < -0.3 is 10.6 Å². The van der Waals surface area contributed by atoms with Gasteiger partial charge in [0.05, 0.1) is 29.5 Å². The summed E-state index contributed by atoms with van der Waals surface area (Å²) < 4.78 is 1.83. The van der Waals surface area contributed by atoms with Crippen LogP contribution in [0.3, 0.4) is 0 Å². The number of carbonyl (C=O) groups is 1. The Bertz CT molecular complexity index is 1480. The quantitative estimate of drug-likeness (QED) is 0.395. The van der Waals surface area contributed by atoms with Crippen LogP contribution in [0.2, 0.25) is 0 Å². The van der Waals surface area contributed by atoms with Gasteiger partial charge in [-0.15, -0.1) is 0 Å². The molecule has 0 spiro atoms. The van der Waals surface area contributed by atoms with E-state index in [2.05, 4.69) is 35.6 Å². The van der Waals surface area contributed by atoms with Gasteiger partial charge in [0.25, 0.3) is 5.91 Å². The first-order valence-corrected chi connectivity index (χ1v) is 11.0. The predicted molar refractivity (Wildman–Crippen MR) is 128 cm³/mol. The van der Waals surface area contributed by atoms with E-state index in [-0.39, 0.29) is 5.91 Å². The van der Waals surface area contributed by atoms with Gasteiger partial charge >= 0.3 is 0 Å². The summed E-state index contributed by atoms with van der Waals surface area (Å²) >= 11 is 0. The number of hydrogen-bond donors (Lipinski definition) is 2. The van der Waals surface area contributed by atoms with Crippen molar-refractivity contribution in [2.75, 3.05) is 10.6 Å². The van der Waals surface area contributed by atoms with Crippen LogP contribution in [-0.2, 0) is 0 Å². The summed E-state index contributed by atoms with van der Waals surface area (Å²) in [5.74, 6) is 0.955. The van der Waals surface area contributed by atoms with E-state index in [1.165, 1.54) is 6.33 Å². The maximum atomic E-state index is 13.3. The van der Waals surface area contributed by atoms with Crippen LogP contribution in [0, 0.1) is 0 Å². The molecule has 6 rings (SSSR count). The van der Waals surface area contributed by atoms with Crippen LogP contribution < -0.4 is 10.6 Å². The molecule has 1 aliphatic carbocycles. The standard InChI is InChI=1S/C25H20N8O/c34-24(23-20(28-18-12-26-15-27-13-18)9-8-19(29-23)17-6-7-17)31-22-10-11-33-14-21(30-25(33)32-22)16-4-2-1-3-5-16/h1-5,8-15,17,28H,6-7H2,(H,30,31,32,34). The Labute approximate surface area is 195 Å². The van der Waals surface area contributed by atoms with E-state index >= 15 is 0 Å². The zero-order chi connectivity index (χ0) is 22.9. The molecule has 1 saturated carbocycles. The van der Waals surface area contributed by atoms with Crippen LogP contribution in [0.15, 0.2) is 79.6 Å². The Morgan fingerprint density at radius 1 is 0.941 bits per heavy atom. The average molecular weight is 448 g/mol. The van der Waals surface area contributed by atoms with E-state index in [0.29, 0.717) is 34.6 Å². The first-order chi connectivity index (χ1) is 16.7. The second-order valence-corrected chi connectivity index (χ2v) is 8.13. The molecule has 0 unspecified atom stereocenters. The minimum Gasteiger partial charge on any atom is -0.351 e. The molecule has 0 aliphatic heterocycles. The van der Waals surface area contributed by atoms with Crippen molar-refractivity contribution in [2.45, 2.75) is 18.8 Å². The number of nitrogens with one attached hydrogen (secondary N) is 2. The molecular formula is C25H20N8O. The Balaban J connectivity index is 1.29. The maximum absolute atomic E-state index is 13.3. The summed E-state index contributed by atoms with van der Waals surface area (Å²) in [4.78, 5) is 35.1. The summed E-state index contributed by atoms with van der Waals surface area (Å²) in [6.07, 6.45) is 10.7. The summed E-state index contributed by atoms with van der Waals surface area (Å²) in [6.45, 7) is 0. The van der Waals surface area contributed by atoms with Crippen LogP contribution >= 0.6 is 0 Å². The Kier molecular flexibility index (Phi) is 4.91. The van der Waals surface area contributed by atoms with Gasteiger partial charge in [-0.05, 0) is 31.0 Å². The number of rotatable bonds is 6. The van der Waals surface area contributed by atoms with Gasteiger partial charge in [-0.2, -0.15) is 4.98 Å². The zero-order valence-electron chi connectivity index (χ0n) is 18.1. The van der Waals surface area contributed by atoms with Gasteiger partial charge in [0, 0.05) is 29.6 Å². The Morgan fingerprint density at radius 3 is 2.56 bits per heavy atom. The van der Waals surface area contributed by atoms with Gasteiger partial charge in [-0.25, -0.2) is 19.9 Å². The molecule has 1 aromatic carbocycles. The molecule has 166 valence electrons. The van der Waals surface area contributed by atoms with Crippen LogP contribution in [0.5, 0.6) is 0 Å². The van der Waals surface area contributed by atoms with Gasteiger partial charge in [0.1, 0.15) is 12.1 Å². The molecule has 34 heavy (non-hydrogen) atoms. The van der Waals surface area contributed by atoms with Gasteiger partial charge in [0.15, 0.2) is 5.69 Å². The van der Waals surface area contributed by atoms with E-state index < -0.39 is 0 Å². The summed E-state index contributed by atoms with van der Waals surface area (Å²) in [5.41, 5.74) is 4.27. The topological polar surface area (TPSA) is 110 Å². The number of hydrogen-bond acceptors (Lipinski definition) is 7. The lowest BCUT2D eigenvalue weighted by Crippen LogP contribution is -2.17. The Hall–Kier alpha value is -4.66. The van der Waals surface area contributed by atoms with E-state index in [9.17, 15) is 4.79 Å². The zero-order valence-corrected chi connectivity index (χ0v) is 18.1. The molecule has 4 heterocycles. The fourth-order valence-corrected chi connectivity index (χ4v) is 3.74. The molecule has 0 saturated heterocycles. The fraction of sp³-hybridized carbons (Fsp3) is 0.120. The van der Waals surface area contributed by atoms with Crippen molar-refractivity contribution in [2.24, 2.45) is 0 Å². The lowest BCUT2D eigenvalue weighted by molar-refractivity contribution is 0.102. The molecule has 0 bridgehead atoms. The number of aromatic nitrogens is 6. The molecule has 1 fully saturated rings. The molecule has 1 amide bonds. The van der Waals surface area contributed by atoms with Gasteiger partial charge in [-0.3, -0.25) is 9.20 Å². The number of carbonyl (C=O) groups excluding carboxylic acids is 1. The lowest BCUT2D eigenvalue weighted by Gasteiger charge is -2.12. The molecule has 9 heteroatoms. The minimum atomic E-state index is -0.353.